The van der Waals surface area contributed by atoms with Crippen molar-refractivity contribution in [3.8, 4) is 11.1 Å². The van der Waals surface area contributed by atoms with Gasteiger partial charge in [0.05, 0.1) is 23.8 Å². The van der Waals surface area contributed by atoms with Gasteiger partial charge in [0.15, 0.2) is 5.11 Å². The van der Waals surface area contributed by atoms with E-state index in [1.54, 1.807) is 13.1 Å². The number of esters is 1. The van der Waals surface area contributed by atoms with E-state index in [4.69, 9.17) is 17.0 Å². The molecule has 0 atom stereocenters. The molecule has 0 fully saturated rings. The number of carbonyl (C=O) groups excluding carboxylic acids is 1. The maximum atomic E-state index is 12.7. The fourth-order valence-corrected chi connectivity index (χ4v) is 4.54. The molecule has 2 N–H and O–H groups in total. The number of aryl methyl sites for hydroxylation is 1. The number of carbonyl (C=O) groups is 1. The SMILES string of the molecule is CCOC(=O)c1c(NC(=S)NCCn2cc(Br)cn2)sc(C)c1-c1ccccc1. The highest BCUT2D eigenvalue weighted by Crippen LogP contribution is 2.40. The monoisotopic (exact) mass is 492 g/mol. The normalized spacial score (nSPS) is 10.6. The van der Waals surface area contributed by atoms with Gasteiger partial charge in [-0.15, -0.1) is 11.3 Å². The van der Waals surface area contributed by atoms with Crippen molar-refractivity contribution in [2.75, 3.05) is 18.5 Å². The van der Waals surface area contributed by atoms with E-state index in [0.29, 0.717) is 35.4 Å². The molecule has 2 heterocycles. The second kappa shape index (κ2) is 10.00. The summed E-state index contributed by atoms with van der Waals surface area (Å²) >= 11 is 10.3. The number of ether oxygens (including phenoxy) is 1. The number of hydrogen-bond acceptors (Lipinski definition) is 5. The zero-order valence-electron chi connectivity index (χ0n) is 16.1. The molecule has 0 saturated heterocycles. The first kappa shape index (κ1) is 21.5. The van der Waals surface area contributed by atoms with Crippen LogP contribution in [0.3, 0.4) is 0 Å². The van der Waals surface area contributed by atoms with Crippen molar-refractivity contribution in [2.24, 2.45) is 0 Å². The molecule has 6 nitrogen and oxygen atoms in total. The fraction of sp³-hybridized carbons (Fsp3) is 0.250. The van der Waals surface area contributed by atoms with E-state index in [-0.39, 0.29) is 5.97 Å². The molecule has 0 unspecified atom stereocenters. The molecule has 0 spiro atoms. The van der Waals surface area contributed by atoms with Crippen LogP contribution in [0.5, 0.6) is 0 Å². The number of halogens is 1. The molecule has 29 heavy (non-hydrogen) atoms. The van der Waals surface area contributed by atoms with Crippen LogP contribution in [0.1, 0.15) is 22.2 Å². The Morgan fingerprint density at radius 3 is 2.76 bits per heavy atom. The number of thiophene rings is 1. The van der Waals surface area contributed by atoms with Crippen LogP contribution < -0.4 is 10.6 Å². The van der Waals surface area contributed by atoms with Crippen molar-refractivity contribution in [2.45, 2.75) is 20.4 Å². The Morgan fingerprint density at radius 1 is 1.34 bits per heavy atom. The van der Waals surface area contributed by atoms with Gasteiger partial charge in [0.1, 0.15) is 10.6 Å². The lowest BCUT2D eigenvalue weighted by Gasteiger charge is -2.12. The van der Waals surface area contributed by atoms with Crippen LogP contribution in [-0.4, -0.2) is 34.0 Å². The number of anilines is 1. The van der Waals surface area contributed by atoms with Gasteiger partial charge in [-0.1, -0.05) is 30.3 Å². The van der Waals surface area contributed by atoms with Gasteiger partial charge in [-0.3, -0.25) is 4.68 Å². The quantitative estimate of drug-likeness (QED) is 0.363. The van der Waals surface area contributed by atoms with Gasteiger partial charge in [0, 0.05) is 23.2 Å². The maximum absolute atomic E-state index is 12.7. The van der Waals surface area contributed by atoms with Gasteiger partial charge in [0.25, 0.3) is 0 Å². The highest BCUT2D eigenvalue weighted by atomic mass is 79.9. The van der Waals surface area contributed by atoms with Crippen molar-refractivity contribution in [3.63, 3.8) is 0 Å². The van der Waals surface area contributed by atoms with Crippen molar-refractivity contribution < 1.29 is 9.53 Å². The van der Waals surface area contributed by atoms with E-state index in [1.165, 1.54) is 11.3 Å². The predicted molar refractivity (Wildman–Crippen MR) is 125 cm³/mol. The first-order valence-corrected chi connectivity index (χ1v) is 11.1. The van der Waals surface area contributed by atoms with E-state index >= 15 is 0 Å². The van der Waals surface area contributed by atoms with E-state index in [1.807, 2.05) is 48.1 Å². The Balaban J connectivity index is 1.77. The minimum absolute atomic E-state index is 0.309. The minimum Gasteiger partial charge on any atom is -0.462 e. The third-order valence-electron chi connectivity index (χ3n) is 4.08. The summed E-state index contributed by atoms with van der Waals surface area (Å²) < 4.78 is 8.06. The smallest absolute Gasteiger partial charge is 0.341 e. The third kappa shape index (κ3) is 5.43. The lowest BCUT2D eigenvalue weighted by atomic mass is 10.0. The van der Waals surface area contributed by atoms with Crippen molar-refractivity contribution in [1.29, 1.82) is 0 Å². The lowest BCUT2D eigenvalue weighted by molar-refractivity contribution is 0.0529. The Morgan fingerprint density at radius 2 is 2.10 bits per heavy atom. The number of hydrogen-bond donors (Lipinski definition) is 2. The number of aromatic nitrogens is 2. The van der Waals surface area contributed by atoms with Crippen LogP contribution in [0.15, 0.2) is 47.2 Å². The predicted octanol–water partition coefficient (Wildman–Crippen LogP) is 4.85. The summed E-state index contributed by atoms with van der Waals surface area (Å²) in [5.74, 6) is -0.359. The molecule has 2 aromatic heterocycles. The lowest BCUT2D eigenvalue weighted by Crippen LogP contribution is -2.31. The standard InChI is InChI=1S/C20H21BrN4O2S2/c1-3-27-19(26)17-16(14-7-5-4-6-8-14)13(2)29-18(17)24-20(28)22-9-10-25-12-15(21)11-23-25/h4-8,11-12H,3,9-10H2,1-2H3,(H2,22,24,28). The number of benzene rings is 1. The van der Waals surface area contributed by atoms with Crippen molar-refractivity contribution in [1.82, 2.24) is 15.1 Å². The molecular formula is C20H21BrN4O2S2. The topological polar surface area (TPSA) is 68.2 Å². The fourth-order valence-electron chi connectivity index (χ4n) is 2.88. The molecule has 0 bridgehead atoms. The van der Waals surface area contributed by atoms with Crippen molar-refractivity contribution >= 4 is 55.6 Å². The molecule has 0 saturated carbocycles. The van der Waals surface area contributed by atoms with E-state index in [9.17, 15) is 4.79 Å². The summed E-state index contributed by atoms with van der Waals surface area (Å²) in [5.41, 5.74) is 2.36. The second-order valence-corrected chi connectivity index (χ2v) is 8.68. The molecule has 0 amide bonds. The Labute approximate surface area is 187 Å². The van der Waals surface area contributed by atoms with Gasteiger partial charge in [-0.2, -0.15) is 5.10 Å². The molecule has 1 aromatic carbocycles. The third-order valence-corrected chi connectivity index (χ3v) is 5.76. The number of thiocarbonyl (C=S) groups is 1. The second-order valence-electron chi connectivity index (χ2n) is 6.13. The highest BCUT2D eigenvalue weighted by molar-refractivity contribution is 9.10. The van der Waals surface area contributed by atoms with Gasteiger partial charge >= 0.3 is 5.97 Å². The molecule has 3 rings (SSSR count). The molecule has 0 aliphatic carbocycles. The maximum Gasteiger partial charge on any atom is 0.341 e. The van der Waals surface area contributed by atoms with E-state index in [2.05, 4.69) is 31.7 Å². The zero-order valence-corrected chi connectivity index (χ0v) is 19.3. The van der Waals surface area contributed by atoms with E-state index < -0.39 is 0 Å². The van der Waals surface area contributed by atoms with Gasteiger partial charge < -0.3 is 15.4 Å². The Kier molecular flexibility index (Phi) is 7.40. The summed E-state index contributed by atoms with van der Waals surface area (Å²) in [7, 11) is 0. The summed E-state index contributed by atoms with van der Waals surface area (Å²) in [4.78, 5) is 13.7. The molecule has 9 heteroatoms. The number of nitrogens with zero attached hydrogens (tertiary/aromatic N) is 2. The molecule has 0 aliphatic rings. The molecule has 152 valence electrons. The highest BCUT2D eigenvalue weighted by Gasteiger charge is 2.24. The van der Waals surface area contributed by atoms with Crippen LogP contribution in [0, 0.1) is 6.92 Å². The Bertz CT molecular complexity index is 1000. The van der Waals surface area contributed by atoms with Gasteiger partial charge in [0.2, 0.25) is 0 Å². The summed E-state index contributed by atoms with van der Waals surface area (Å²) in [6, 6.07) is 9.83. The number of nitrogens with one attached hydrogen (secondary N) is 2. The molecule has 0 radical (unpaired) electrons. The summed E-state index contributed by atoms with van der Waals surface area (Å²) in [6.45, 7) is 5.37. The Hall–Kier alpha value is -2.23. The van der Waals surface area contributed by atoms with Crippen LogP contribution in [0.2, 0.25) is 0 Å². The van der Waals surface area contributed by atoms with Crippen LogP contribution >= 0.6 is 39.5 Å². The largest absolute Gasteiger partial charge is 0.462 e. The minimum atomic E-state index is -0.359. The number of rotatable bonds is 7. The average molecular weight is 493 g/mol. The van der Waals surface area contributed by atoms with Crippen molar-refractivity contribution in [3.05, 3.63) is 57.6 Å². The van der Waals surface area contributed by atoms with Gasteiger partial charge in [-0.05, 0) is 47.6 Å². The summed E-state index contributed by atoms with van der Waals surface area (Å²) in [6.07, 6.45) is 3.63. The molecule has 0 aliphatic heterocycles. The first-order chi connectivity index (χ1) is 14.0. The average Bonchev–Trinajstić information content (AvgIpc) is 3.25. The first-order valence-electron chi connectivity index (χ1n) is 9.08. The summed E-state index contributed by atoms with van der Waals surface area (Å²) in [5, 5.41) is 11.7. The molecular weight excluding hydrogens is 472 g/mol. The van der Waals surface area contributed by atoms with Crippen LogP contribution in [0.4, 0.5) is 5.00 Å². The van der Waals surface area contributed by atoms with Crippen LogP contribution in [0.25, 0.3) is 11.1 Å². The van der Waals surface area contributed by atoms with E-state index in [0.717, 1.165) is 20.5 Å². The van der Waals surface area contributed by atoms with Crippen LogP contribution in [-0.2, 0) is 11.3 Å². The zero-order chi connectivity index (χ0) is 20.8. The molecule has 3 aromatic rings. The van der Waals surface area contributed by atoms with Gasteiger partial charge in [-0.25, -0.2) is 4.79 Å².